The van der Waals surface area contributed by atoms with E-state index in [0.29, 0.717) is 11.5 Å². The summed E-state index contributed by atoms with van der Waals surface area (Å²) in [4.78, 5) is 0. The minimum absolute atomic E-state index is 0.148. The van der Waals surface area contributed by atoms with Crippen molar-refractivity contribution >= 4 is 0 Å². The number of methoxy groups -OCH3 is 2. The Morgan fingerprint density at radius 1 is 1.00 bits per heavy atom. The number of ether oxygens (including phenoxy) is 2. The molecule has 19 heavy (non-hydrogen) atoms. The molecular weight excluding hydrogens is 243 g/mol. The molecule has 0 heterocycles. The first-order valence-corrected chi connectivity index (χ1v) is 5.96. The molecule has 0 aliphatic carbocycles. The van der Waals surface area contributed by atoms with E-state index >= 15 is 0 Å². The Hall–Kier alpha value is -2.03. The van der Waals surface area contributed by atoms with Gasteiger partial charge in [0.05, 0.1) is 14.2 Å². The first-order chi connectivity index (χ1) is 9.17. The molecule has 99 valence electrons. The predicted molar refractivity (Wildman–Crippen MR) is 73.1 cm³/mol. The first-order valence-electron chi connectivity index (χ1n) is 5.96. The van der Waals surface area contributed by atoms with Crippen molar-refractivity contribution in [2.75, 3.05) is 14.2 Å². The second-order valence-electron chi connectivity index (χ2n) is 4.19. The number of hydrogen-bond donors (Lipinski definition) is 0. The van der Waals surface area contributed by atoms with Crippen LogP contribution in [0.2, 0.25) is 0 Å². The van der Waals surface area contributed by atoms with Crippen molar-refractivity contribution in [1.82, 2.24) is 0 Å². The summed E-state index contributed by atoms with van der Waals surface area (Å²) in [6.07, 6.45) is 0. The summed E-state index contributed by atoms with van der Waals surface area (Å²) in [6, 6.07) is 12.0. The van der Waals surface area contributed by atoms with Gasteiger partial charge in [-0.3, -0.25) is 0 Å². The van der Waals surface area contributed by atoms with E-state index < -0.39 is 0 Å². The van der Waals surface area contributed by atoms with Gasteiger partial charge in [-0.25, -0.2) is 4.39 Å². The van der Waals surface area contributed by atoms with Crippen LogP contribution in [0.1, 0.15) is 17.0 Å². The van der Waals surface area contributed by atoms with Crippen molar-refractivity contribution in [3.8, 4) is 11.5 Å². The normalized spacial score (nSPS) is 12.0. The SMILES string of the molecule is [CH2]C(c1ccc(F)cc1)c1cccc(OC)c1OC. The van der Waals surface area contributed by atoms with Crippen LogP contribution in [0.4, 0.5) is 4.39 Å². The average Bonchev–Trinajstić information content (AvgIpc) is 2.46. The van der Waals surface area contributed by atoms with Crippen LogP contribution in [0.5, 0.6) is 11.5 Å². The van der Waals surface area contributed by atoms with Crippen LogP contribution in [0.25, 0.3) is 0 Å². The highest BCUT2D eigenvalue weighted by atomic mass is 19.1. The van der Waals surface area contributed by atoms with Gasteiger partial charge in [0.1, 0.15) is 5.82 Å². The Bertz CT molecular complexity index is 549. The zero-order valence-corrected chi connectivity index (χ0v) is 11.0. The maximum atomic E-state index is 13.0. The lowest BCUT2D eigenvalue weighted by Crippen LogP contribution is -2.01. The number of halogens is 1. The third-order valence-electron chi connectivity index (χ3n) is 3.08. The van der Waals surface area contributed by atoms with Gasteiger partial charge in [0.2, 0.25) is 0 Å². The molecule has 2 rings (SSSR count). The van der Waals surface area contributed by atoms with Gasteiger partial charge in [-0.15, -0.1) is 0 Å². The standard InChI is InChI=1S/C16H16FO2/c1-11(12-7-9-13(17)10-8-12)14-5-4-6-15(18-2)16(14)19-3/h4-11H,1H2,2-3H3. The molecule has 2 nitrogen and oxygen atoms in total. The maximum Gasteiger partial charge on any atom is 0.164 e. The maximum absolute atomic E-state index is 13.0. The zero-order chi connectivity index (χ0) is 13.8. The van der Waals surface area contributed by atoms with E-state index in [-0.39, 0.29) is 11.7 Å². The molecule has 0 bridgehead atoms. The van der Waals surface area contributed by atoms with Crippen molar-refractivity contribution in [2.24, 2.45) is 0 Å². The summed E-state index contributed by atoms with van der Waals surface area (Å²) in [5.41, 5.74) is 1.83. The lowest BCUT2D eigenvalue weighted by Gasteiger charge is -2.18. The molecule has 3 heteroatoms. The number of hydrogen-bond acceptors (Lipinski definition) is 2. The highest BCUT2D eigenvalue weighted by molar-refractivity contribution is 5.51. The minimum atomic E-state index is -0.256. The zero-order valence-electron chi connectivity index (χ0n) is 11.0. The van der Waals surface area contributed by atoms with E-state index in [4.69, 9.17) is 9.47 Å². The van der Waals surface area contributed by atoms with Crippen LogP contribution in [0.15, 0.2) is 42.5 Å². The summed E-state index contributed by atoms with van der Waals surface area (Å²) in [6.45, 7) is 4.13. The molecule has 2 aromatic carbocycles. The summed E-state index contributed by atoms with van der Waals surface area (Å²) in [5, 5.41) is 0. The van der Waals surface area contributed by atoms with E-state index in [2.05, 4.69) is 6.92 Å². The molecule has 0 amide bonds. The molecule has 0 N–H and O–H groups in total. The Balaban J connectivity index is 2.43. The van der Waals surface area contributed by atoms with Gasteiger partial charge in [0.15, 0.2) is 11.5 Å². The molecule has 2 aromatic rings. The highest BCUT2D eigenvalue weighted by Gasteiger charge is 2.16. The Labute approximate surface area is 112 Å². The lowest BCUT2D eigenvalue weighted by molar-refractivity contribution is 0.351. The summed E-state index contributed by atoms with van der Waals surface area (Å²) >= 11 is 0. The first kappa shape index (κ1) is 13.4. The largest absolute Gasteiger partial charge is 0.493 e. The predicted octanol–water partition coefficient (Wildman–Crippen LogP) is 3.81. The van der Waals surface area contributed by atoms with Crippen molar-refractivity contribution in [1.29, 1.82) is 0 Å². The van der Waals surface area contributed by atoms with Crippen molar-refractivity contribution in [3.63, 3.8) is 0 Å². The van der Waals surface area contributed by atoms with Crippen LogP contribution >= 0.6 is 0 Å². The second-order valence-corrected chi connectivity index (χ2v) is 4.19. The molecule has 0 fully saturated rings. The second kappa shape index (κ2) is 5.74. The van der Waals surface area contributed by atoms with Crippen LogP contribution in [-0.4, -0.2) is 14.2 Å². The fraction of sp³-hybridized carbons (Fsp3) is 0.188. The third kappa shape index (κ3) is 2.70. The van der Waals surface area contributed by atoms with Gasteiger partial charge < -0.3 is 9.47 Å². The average molecular weight is 259 g/mol. The Morgan fingerprint density at radius 2 is 1.68 bits per heavy atom. The molecule has 1 atom stereocenters. The van der Waals surface area contributed by atoms with E-state index in [1.54, 1.807) is 26.4 Å². The van der Waals surface area contributed by atoms with E-state index in [1.807, 2.05) is 18.2 Å². The van der Waals surface area contributed by atoms with Crippen molar-refractivity contribution in [2.45, 2.75) is 5.92 Å². The molecule has 0 aliphatic heterocycles. The van der Waals surface area contributed by atoms with Crippen LogP contribution < -0.4 is 9.47 Å². The fourth-order valence-corrected chi connectivity index (χ4v) is 2.06. The molecule has 0 spiro atoms. The minimum Gasteiger partial charge on any atom is -0.493 e. The van der Waals surface area contributed by atoms with Crippen LogP contribution in [0, 0.1) is 12.7 Å². The van der Waals surface area contributed by atoms with Gasteiger partial charge in [0, 0.05) is 11.5 Å². The van der Waals surface area contributed by atoms with Crippen LogP contribution in [-0.2, 0) is 0 Å². The highest BCUT2D eigenvalue weighted by Crippen LogP contribution is 2.37. The molecule has 0 saturated carbocycles. The van der Waals surface area contributed by atoms with Gasteiger partial charge in [-0.1, -0.05) is 24.3 Å². The number of rotatable bonds is 4. The Kier molecular flexibility index (Phi) is 4.05. The van der Waals surface area contributed by atoms with E-state index in [1.165, 1.54) is 12.1 Å². The lowest BCUT2D eigenvalue weighted by atomic mass is 9.92. The molecule has 0 aromatic heterocycles. The molecule has 0 aliphatic rings. The van der Waals surface area contributed by atoms with E-state index in [0.717, 1.165) is 11.1 Å². The van der Waals surface area contributed by atoms with E-state index in [9.17, 15) is 4.39 Å². The van der Waals surface area contributed by atoms with Gasteiger partial charge in [-0.2, -0.15) is 0 Å². The van der Waals surface area contributed by atoms with Crippen LogP contribution in [0.3, 0.4) is 0 Å². The van der Waals surface area contributed by atoms with Gasteiger partial charge in [0.25, 0.3) is 0 Å². The number of benzene rings is 2. The summed E-state index contributed by atoms with van der Waals surface area (Å²) in [7, 11) is 3.19. The molecule has 1 radical (unpaired) electrons. The molecule has 1 unspecified atom stereocenters. The van der Waals surface area contributed by atoms with Gasteiger partial charge in [-0.05, 0) is 30.7 Å². The third-order valence-corrected chi connectivity index (χ3v) is 3.08. The summed E-state index contributed by atoms with van der Waals surface area (Å²) in [5.74, 6) is 0.921. The molecular formula is C16H16FO2. The smallest absolute Gasteiger partial charge is 0.164 e. The van der Waals surface area contributed by atoms with Gasteiger partial charge >= 0.3 is 0 Å². The molecule has 0 saturated heterocycles. The van der Waals surface area contributed by atoms with Crippen molar-refractivity contribution < 1.29 is 13.9 Å². The monoisotopic (exact) mass is 259 g/mol. The van der Waals surface area contributed by atoms with Crippen molar-refractivity contribution in [3.05, 3.63) is 66.3 Å². The fourth-order valence-electron chi connectivity index (χ4n) is 2.06. The topological polar surface area (TPSA) is 18.5 Å². The quantitative estimate of drug-likeness (QED) is 0.831. The number of para-hydroxylation sites is 1. The summed E-state index contributed by atoms with van der Waals surface area (Å²) < 4.78 is 23.6. The Morgan fingerprint density at radius 3 is 2.26 bits per heavy atom.